The topological polar surface area (TPSA) is 123 Å². The standard InChI is InChI=1S/C20H19N3O6/c21-23-22-15-17(28-18(24)12-7-3-1-4-8-12)16-14(27-19(15)25)11-26-20(29-16)13-9-5-2-6-10-13/h1-10,14-17,19-20,25H,11H2/t14?,15-,16-,17?,19+,20?/m0/s1. The molecule has 0 bridgehead atoms. The van der Waals surface area contributed by atoms with Crippen LogP contribution in [0.4, 0.5) is 0 Å². The summed E-state index contributed by atoms with van der Waals surface area (Å²) in [6, 6.07) is 16.5. The SMILES string of the molecule is [N-]=[N+]=N[C@H]1C(OC(=O)c2ccccc2)[C@H]2OC(c3ccccc3)OCC2O[C@H]1O. The minimum Gasteiger partial charge on any atom is -0.455 e. The molecule has 2 heterocycles. The van der Waals surface area contributed by atoms with Crippen LogP contribution in [0, 0.1) is 0 Å². The van der Waals surface area contributed by atoms with Crippen molar-refractivity contribution in [1.82, 2.24) is 0 Å². The van der Waals surface area contributed by atoms with Crippen molar-refractivity contribution in [1.29, 1.82) is 0 Å². The van der Waals surface area contributed by atoms with Crippen molar-refractivity contribution in [2.45, 2.75) is 36.9 Å². The second-order valence-corrected chi connectivity index (χ2v) is 6.67. The fraction of sp³-hybridized carbons (Fsp3) is 0.350. The Kier molecular flexibility index (Phi) is 5.75. The second kappa shape index (κ2) is 8.60. The number of ether oxygens (including phenoxy) is 4. The smallest absolute Gasteiger partial charge is 0.338 e. The number of carbonyl (C=O) groups excluding carboxylic acids is 1. The summed E-state index contributed by atoms with van der Waals surface area (Å²) in [7, 11) is 0. The van der Waals surface area contributed by atoms with Crippen LogP contribution >= 0.6 is 0 Å². The number of esters is 1. The molecule has 4 rings (SSSR count). The molecule has 2 fully saturated rings. The maximum absolute atomic E-state index is 12.6. The third-order valence-electron chi connectivity index (χ3n) is 4.84. The second-order valence-electron chi connectivity index (χ2n) is 6.67. The van der Waals surface area contributed by atoms with Crippen molar-refractivity contribution in [3.05, 3.63) is 82.2 Å². The lowest BCUT2D eigenvalue weighted by Crippen LogP contribution is -2.62. The Morgan fingerprint density at radius 2 is 1.79 bits per heavy atom. The quantitative estimate of drug-likeness (QED) is 0.366. The van der Waals surface area contributed by atoms with E-state index in [4.69, 9.17) is 24.5 Å². The van der Waals surface area contributed by atoms with Gasteiger partial charge in [0.15, 0.2) is 12.6 Å². The summed E-state index contributed by atoms with van der Waals surface area (Å²) in [6.45, 7) is 0.115. The van der Waals surface area contributed by atoms with E-state index in [1.165, 1.54) is 0 Å². The highest BCUT2D eigenvalue weighted by Gasteiger charge is 2.51. The van der Waals surface area contributed by atoms with Gasteiger partial charge in [0.1, 0.15) is 24.4 Å². The Balaban J connectivity index is 1.61. The lowest BCUT2D eigenvalue weighted by Gasteiger charge is -2.46. The van der Waals surface area contributed by atoms with Gasteiger partial charge in [0.05, 0.1) is 12.2 Å². The summed E-state index contributed by atoms with van der Waals surface area (Å²) in [6.07, 6.45) is -4.70. The molecule has 0 amide bonds. The van der Waals surface area contributed by atoms with Crippen LogP contribution in [-0.2, 0) is 18.9 Å². The average Bonchev–Trinajstić information content (AvgIpc) is 2.77. The van der Waals surface area contributed by atoms with E-state index in [1.807, 2.05) is 30.3 Å². The van der Waals surface area contributed by atoms with E-state index in [2.05, 4.69) is 10.0 Å². The van der Waals surface area contributed by atoms with E-state index in [0.717, 1.165) is 5.56 Å². The number of aliphatic hydroxyl groups is 1. The number of nitrogens with zero attached hydrogens (tertiary/aromatic N) is 3. The van der Waals surface area contributed by atoms with Gasteiger partial charge in [-0.25, -0.2) is 4.79 Å². The van der Waals surface area contributed by atoms with Crippen LogP contribution < -0.4 is 0 Å². The maximum atomic E-state index is 12.6. The van der Waals surface area contributed by atoms with Gasteiger partial charge in [0.25, 0.3) is 0 Å². The monoisotopic (exact) mass is 397 g/mol. The van der Waals surface area contributed by atoms with Gasteiger partial charge in [0, 0.05) is 10.5 Å². The van der Waals surface area contributed by atoms with Crippen molar-refractivity contribution in [2.75, 3.05) is 6.61 Å². The Labute approximate surface area is 166 Å². The number of azide groups is 1. The molecular formula is C20H19N3O6. The molecule has 6 atom stereocenters. The summed E-state index contributed by atoms with van der Waals surface area (Å²) >= 11 is 0. The average molecular weight is 397 g/mol. The van der Waals surface area contributed by atoms with Gasteiger partial charge in [-0.1, -0.05) is 53.6 Å². The lowest BCUT2D eigenvalue weighted by molar-refractivity contribution is -0.335. The molecule has 1 N–H and O–H groups in total. The number of hydrogen-bond donors (Lipinski definition) is 1. The van der Waals surface area contributed by atoms with Crippen LogP contribution in [0.1, 0.15) is 22.2 Å². The lowest BCUT2D eigenvalue weighted by atomic mass is 9.96. The zero-order chi connectivity index (χ0) is 20.2. The predicted octanol–water partition coefficient (Wildman–Crippen LogP) is 2.72. The van der Waals surface area contributed by atoms with Gasteiger partial charge >= 0.3 is 5.97 Å². The largest absolute Gasteiger partial charge is 0.455 e. The minimum absolute atomic E-state index is 0.115. The summed E-state index contributed by atoms with van der Waals surface area (Å²) in [5, 5.41) is 13.9. The van der Waals surface area contributed by atoms with Crippen LogP contribution in [0.15, 0.2) is 65.8 Å². The highest BCUT2D eigenvalue weighted by atomic mass is 16.7. The molecule has 0 saturated carbocycles. The van der Waals surface area contributed by atoms with Crippen molar-refractivity contribution in [3.8, 4) is 0 Å². The first kappa shape index (κ1) is 19.4. The molecule has 2 aliphatic rings. The van der Waals surface area contributed by atoms with Crippen molar-refractivity contribution >= 4 is 5.97 Å². The van der Waals surface area contributed by atoms with Crippen LogP contribution in [0.5, 0.6) is 0 Å². The van der Waals surface area contributed by atoms with E-state index in [0.29, 0.717) is 5.56 Å². The first-order chi connectivity index (χ1) is 14.2. The molecule has 29 heavy (non-hydrogen) atoms. The molecule has 9 nitrogen and oxygen atoms in total. The van der Waals surface area contributed by atoms with E-state index in [1.54, 1.807) is 30.3 Å². The maximum Gasteiger partial charge on any atom is 0.338 e. The highest BCUT2D eigenvalue weighted by molar-refractivity contribution is 5.89. The van der Waals surface area contributed by atoms with Crippen molar-refractivity contribution in [3.63, 3.8) is 0 Å². The Morgan fingerprint density at radius 1 is 1.10 bits per heavy atom. The number of fused-ring (bicyclic) bond motifs is 1. The van der Waals surface area contributed by atoms with Gasteiger partial charge in [-0.3, -0.25) is 0 Å². The van der Waals surface area contributed by atoms with E-state index in [9.17, 15) is 9.90 Å². The van der Waals surface area contributed by atoms with Gasteiger partial charge < -0.3 is 24.1 Å². The number of carbonyl (C=O) groups is 1. The molecule has 150 valence electrons. The highest BCUT2D eigenvalue weighted by Crippen LogP contribution is 2.36. The predicted molar refractivity (Wildman–Crippen MR) is 99.5 cm³/mol. The van der Waals surface area contributed by atoms with Crippen LogP contribution in [-0.4, -0.2) is 48.3 Å². The summed E-state index contributed by atoms with van der Waals surface area (Å²) < 4.78 is 22.9. The molecule has 2 aromatic rings. The van der Waals surface area contributed by atoms with Crippen LogP contribution in [0.3, 0.4) is 0 Å². The van der Waals surface area contributed by atoms with Gasteiger partial charge in [-0.2, -0.15) is 0 Å². The summed E-state index contributed by atoms with van der Waals surface area (Å²) in [5.74, 6) is -0.618. The first-order valence-electron chi connectivity index (χ1n) is 9.13. The number of hydrogen-bond acceptors (Lipinski definition) is 7. The van der Waals surface area contributed by atoms with E-state index < -0.39 is 42.9 Å². The molecule has 2 saturated heterocycles. The van der Waals surface area contributed by atoms with Crippen molar-refractivity contribution in [2.24, 2.45) is 5.11 Å². The zero-order valence-electron chi connectivity index (χ0n) is 15.3. The number of benzene rings is 2. The molecular weight excluding hydrogens is 378 g/mol. The Morgan fingerprint density at radius 3 is 2.48 bits per heavy atom. The van der Waals surface area contributed by atoms with Crippen LogP contribution in [0.2, 0.25) is 0 Å². The number of rotatable bonds is 4. The first-order valence-corrected chi connectivity index (χ1v) is 9.13. The van der Waals surface area contributed by atoms with Gasteiger partial charge in [0.2, 0.25) is 0 Å². The van der Waals surface area contributed by atoms with E-state index in [-0.39, 0.29) is 6.61 Å². The van der Waals surface area contributed by atoms with Gasteiger partial charge in [-0.05, 0) is 17.7 Å². The molecule has 9 heteroatoms. The van der Waals surface area contributed by atoms with Crippen LogP contribution in [0.25, 0.3) is 10.4 Å². The molecule has 0 aliphatic carbocycles. The third kappa shape index (κ3) is 4.09. The summed E-state index contributed by atoms with van der Waals surface area (Å²) in [5.41, 5.74) is 10.0. The molecule has 3 unspecified atom stereocenters. The fourth-order valence-corrected chi connectivity index (χ4v) is 3.44. The normalized spacial score (nSPS) is 31.2. The third-order valence-corrected chi connectivity index (χ3v) is 4.84. The molecule has 0 radical (unpaired) electrons. The molecule has 2 aromatic carbocycles. The van der Waals surface area contributed by atoms with Gasteiger partial charge in [-0.15, -0.1) is 0 Å². The van der Waals surface area contributed by atoms with Crippen molar-refractivity contribution < 1.29 is 28.8 Å². The molecule has 0 aromatic heterocycles. The molecule has 0 spiro atoms. The zero-order valence-corrected chi connectivity index (χ0v) is 15.3. The van der Waals surface area contributed by atoms with E-state index >= 15 is 0 Å². The Bertz CT molecular complexity index is 890. The summed E-state index contributed by atoms with van der Waals surface area (Å²) in [4.78, 5) is 15.4. The number of aliphatic hydroxyl groups excluding tert-OH is 1. The molecule has 2 aliphatic heterocycles. The minimum atomic E-state index is -1.46. The fourth-order valence-electron chi connectivity index (χ4n) is 3.44. The Hall–Kier alpha value is -2.94.